The van der Waals surface area contributed by atoms with E-state index in [0.717, 1.165) is 17.8 Å². The van der Waals surface area contributed by atoms with Gasteiger partial charge in [0.15, 0.2) is 5.75 Å². The molecule has 138 valence electrons. The molecule has 1 aromatic carbocycles. The Kier molecular flexibility index (Phi) is 5.03. The summed E-state index contributed by atoms with van der Waals surface area (Å²) in [5, 5.41) is 11.2. The molecule has 2 heterocycles. The van der Waals surface area contributed by atoms with E-state index in [1.54, 1.807) is 6.07 Å². The number of nitrogens with one attached hydrogen (secondary N) is 1. The molecule has 0 saturated carbocycles. The molecular weight excluding hydrogens is 336 g/mol. The number of fused-ring (bicyclic) bond motifs is 1. The van der Waals surface area contributed by atoms with Gasteiger partial charge in [-0.05, 0) is 11.6 Å². The summed E-state index contributed by atoms with van der Waals surface area (Å²) in [6, 6.07) is 4.94. The second-order valence-corrected chi connectivity index (χ2v) is 6.76. The molecule has 26 heavy (non-hydrogen) atoms. The number of H-pyrrole nitrogens is 1. The van der Waals surface area contributed by atoms with E-state index in [2.05, 4.69) is 14.9 Å². The fourth-order valence-corrected chi connectivity index (χ4v) is 3.14. The van der Waals surface area contributed by atoms with Crippen molar-refractivity contribution in [3.05, 3.63) is 61.3 Å². The van der Waals surface area contributed by atoms with Crippen LogP contribution < -0.4 is 10.3 Å². The molecule has 0 spiro atoms. The number of nitro groups is 1. The Bertz CT molecular complexity index is 891. The highest BCUT2D eigenvalue weighted by Crippen LogP contribution is 2.28. The molecule has 2 aromatic rings. The van der Waals surface area contributed by atoms with Gasteiger partial charge in [-0.2, -0.15) is 0 Å². The van der Waals surface area contributed by atoms with Crippen LogP contribution in [0.3, 0.4) is 0 Å². The second-order valence-electron chi connectivity index (χ2n) is 6.76. The van der Waals surface area contributed by atoms with Gasteiger partial charge in [-0.1, -0.05) is 19.9 Å². The van der Waals surface area contributed by atoms with Crippen molar-refractivity contribution < 1.29 is 9.66 Å². The van der Waals surface area contributed by atoms with Gasteiger partial charge >= 0.3 is 5.69 Å². The van der Waals surface area contributed by atoms with Crippen LogP contribution in [0, 0.1) is 10.1 Å². The van der Waals surface area contributed by atoms with Crippen LogP contribution in [-0.2, 0) is 19.5 Å². The Balaban J connectivity index is 1.81. The number of aromatic amines is 1. The summed E-state index contributed by atoms with van der Waals surface area (Å²) in [6.07, 6.45) is 0.692. The van der Waals surface area contributed by atoms with Crippen molar-refractivity contribution in [3.8, 4) is 5.75 Å². The molecule has 0 fully saturated rings. The smallest absolute Gasteiger partial charge is 0.311 e. The van der Waals surface area contributed by atoms with Crippen LogP contribution in [0.5, 0.6) is 5.75 Å². The highest BCUT2D eigenvalue weighted by Gasteiger charge is 2.23. The quantitative estimate of drug-likeness (QED) is 0.650. The van der Waals surface area contributed by atoms with Gasteiger partial charge in [0, 0.05) is 38.0 Å². The molecule has 0 amide bonds. The summed E-state index contributed by atoms with van der Waals surface area (Å²) in [5.74, 6) is 1.13. The molecule has 0 radical (unpaired) electrons. The Morgan fingerprint density at radius 2 is 2.19 bits per heavy atom. The summed E-state index contributed by atoms with van der Waals surface area (Å²) >= 11 is 0. The first-order valence-corrected chi connectivity index (χ1v) is 8.54. The van der Waals surface area contributed by atoms with Crippen LogP contribution in [-0.4, -0.2) is 33.4 Å². The van der Waals surface area contributed by atoms with Crippen LogP contribution in [0.2, 0.25) is 0 Å². The van der Waals surface area contributed by atoms with Crippen molar-refractivity contribution in [2.45, 2.75) is 39.3 Å². The van der Waals surface area contributed by atoms with Gasteiger partial charge < -0.3 is 9.72 Å². The summed E-state index contributed by atoms with van der Waals surface area (Å²) < 4.78 is 5.04. The second kappa shape index (κ2) is 7.25. The summed E-state index contributed by atoms with van der Waals surface area (Å²) in [6.45, 7) is 5.75. The zero-order valence-corrected chi connectivity index (χ0v) is 15.1. The van der Waals surface area contributed by atoms with Gasteiger partial charge in [-0.3, -0.25) is 19.8 Å². The molecule has 0 atom stereocenters. The zero-order chi connectivity index (χ0) is 18.8. The van der Waals surface area contributed by atoms with Crippen molar-refractivity contribution in [2.24, 2.45) is 0 Å². The van der Waals surface area contributed by atoms with Crippen molar-refractivity contribution >= 4 is 5.69 Å². The molecule has 0 unspecified atom stereocenters. The third kappa shape index (κ3) is 3.60. The third-order valence-electron chi connectivity index (χ3n) is 4.56. The average Bonchev–Trinajstić information content (AvgIpc) is 2.61. The van der Waals surface area contributed by atoms with E-state index >= 15 is 0 Å². The highest BCUT2D eigenvalue weighted by molar-refractivity contribution is 5.48. The van der Waals surface area contributed by atoms with Crippen molar-refractivity contribution in [3.63, 3.8) is 0 Å². The lowest BCUT2D eigenvalue weighted by Gasteiger charge is -2.28. The maximum atomic E-state index is 12.4. The third-order valence-corrected chi connectivity index (χ3v) is 4.56. The number of hydrogen-bond acceptors (Lipinski definition) is 6. The minimum atomic E-state index is -0.449. The van der Waals surface area contributed by atoms with Crippen molar-refractivity contribution in [2.75, 3.05) is 13.7 Å². The van der Waals surface area contributed by atoms with E-state index in [4.69, 9.17) is 4.74 Å². The largest absolute Gasteiger partial charge is 0.490 e. The number of rotatable bonds is 5. The standard InChI is InChI=1S/C18H22N4O4/c1-11(2)17-19-14-6-7-21(10-13(14)18(23)20-17)9-12-4-5-16(26-3)15(8-12)22(24)25/h4-5,8,11H,6-7,9-10H2,1-3H3,(H,19,20,23). The SMILES string of the molecule is COc1ccc(CN2CCc3nc(C(C)C)[nH]c(=O)c3C2)cc1[N+](=O)[O-]. The van der Waals surface area contributed by atoms with Gasteiger partial charge in [-0.15, -0.1) is 0 Å². The first-order chi connectivity index (χ1) is 12.4. The lowest BCUT2D eigenvalue weighted by Crippen LogP contribution is -2.36. The fraction of sp³-hybridized carbons (Fsp3) is 0.444. The van der Waals surface area contributed by atoms with Crippen LogP contribution in [0.1, 0.15) is 42.4 Å². The van der Waals surface area contributed by atoms with Crippen LogP contribution in [0.15, 0.2) is 23.0 Å². The maximum absolute atomic E-state index is 12.4. The van der Waals surface area contributed by atoms with Crippen molar-refractivity contribution in [1.29, 1.82) is 0 Å². The van der Waals surface area contributed by atoms with Crippen LogP contribution >= 0.6 is 0 Å². The number of ether oxygens (including phenoxy) is 1. The number of nitro benzene ring substituents is 1. The molecule has 3 rings (SSSR count). The Morgan fingerprint density at radius 3 is 2.85 bits per heavy atom. The first kappa shape index (κ1) is 18.1. The lowest BCUT2D eigenvalue weighted by atomic mass is 10.0. The fourth-order valence-electron chi connectivity index (χ4n) is 3.14. The highest BCUT2D eigenvalue weighted by atomic mass is 16.6. The molecule has 0 saturated heterocycles. The molecular formula is C18H22N4O4. The minimum absolute atomic E-state index is 0.0523. The summed E-state index contributed by atoms with van der Waals surface area (Å²) in [7, 11) is 1.41. The number of benzene rings is 1. The topological polar surface area (TPSA) is 101 Å². The average molecular weight is 358 g/mol. The molecule has 1 N–H and O–H groups in total. The van der Waals surface area contributed by atoms with E-state index in [9.17, 15) is 14.9 Å². The molecule has 1 aliphatic rings. The normalized spacial score (nSPS) is 14.3. The van der Waals surface area contributed by atoms with Gasteiger partial charge in [-0.25, -0.2) is 4.98 Å². The molecule has 1 aliphatic heterocycles. The van der Waals surface area contributed by atoms with Gasteiger partial charge in [0.1, 0.15) is 5.82 Å². The molecule has 8 heteroatoms. The number of nitrogens with zero attached hydrogens (tertiary/aromatic N) is 3. The Hall–Kier alpha value is -2.74. The summed E-state index contributed by atoms with van der Waals surface area (Å²) in [4.78, 5) is 32.7. The van der Waals surface area contributed by atoms with Crippen LogP contribution in [0.4, 0.5) is 5.69 Å². The molecule has 0 bridgehead atoms. The number of methoxy groups -OCH3 is 1. The van der Waals surface area contributed by atoms with E-state index in [0.29, 0.717) is 30.9 Å². The van der Waals surface area contributed by atoms with Crippen LogP contribution in [0.25, 0.3) is 0 Å². The van der Waals surface area contributed by atoms with Gasteiger partial charge in [0.2, 0.25) is 0 Å². The first-order valence-electron chi connectivity index (χ1n) is 8.54. The summed E-state index contributed by atoms with van der Waals surface area (Å²) in [5.41, 5.74) is 2.20. The van der Waals surface area contributed by atoms with E-state index in [1.807, 2.05) is 19.9 Å². The molecule has 8 nitrogen and oxygen atoms in total. The van der Waals surface area contributed by atoms with Crippen molar-refractivity contribution in [1.82, 2.24) is 14.9 Å². The van der Waals surface area contributed by atoms with Gasteiger partial charge in [0.25, 0.3) is 5.56 Å². The van der Waals surface area contributed by atoms with E-state index in [-0.39, 0.29) is 22.9 Å². The van der Waals surface area contributed by atoms with E-state index < -0.39 is 4.92 Å². The number of hydrogen-bond donors (Lipinski definition) is 1. The Morgan fingerprint density at radius 1 is 1.42 bits per heavy atom. The van der Waals surface area contributed by atoms with Gasteiger partial charge in [0.05, 0.1) is 23.3 Å². The zero-order valence-electron chi connectivity index (χ0n) is 15.1. The Labute approximate surface area is 151 Å². The number of aromatic nitrogens is 2. The lowest BCUT2D eigenvalue weighted by molar-refractivity contribution is -0.385. The molecule has 1 aromatic heterocycles. The maximum Gasteiger partial charge on any atom is 0.311 e. The minimum Gasteiger partial charge on any atom is -0.490 e. The predicted molar refractivity (Wildman–Crippen MR) is 96.4 cm³/mol. The monoisotopic (exact) mass is 358 g/mol. The predicted octanol–water partition coefficient (Wildman–Crippen LogP) is 2.37. The molecule has 0 aliphatic carbocycles. The van der Waals surface area contributed by atoms with E-state index in [1.165, 1.54) is 13.2 Å².